The highest BCUT2D eigenvalue weighted by atomic mass is 35.7. The fourth-order valence-electron chi connectivity index (χ4n) is 2.30. The summed E-state index contributed by atoms with van der Waals surface area (Å²) in [6, 6.07) is 4.90. The van der Waals surface area contributed by atoms with E-state index >= 15 is 0 Å². The van der Waals surface area contributed by atoms with Gasteiger partial charge < -0.3 is 9.64 Å². The molecule has 0 radical (unpaired) electrons. The molecule has 1 aliphatic rings. The van der Waals surface area contributed by atoms with E-state index in [2.05, 4.69) is 0 Å². The van der Waals surface area contributed by atoms with Crippen molar-refractivity contribution in [3.05, 3.63) is 23.8 Å². The van der Waals surface area contributed by atoms with Crippen LogP contribution in [-0.2, 0) is 20.3 Å². The number of likely N-dealkylation sites (N-methyl/N-ethyl adjacent to an activating group) is 1. The first-order chi connectivity index (χ1) is 9.82. The maximum absolute atomic E-state index is 12.2. The minimum Gasteiger partial charge on any atom is -0.495 e. The average Bonchev–Trinajstić information content (AvgIpc) is 2.35. The summed E-state index contributed by atoms with van der Waals surface area (Å²) >= 11 is 0. The zero-order valence-corrected chi connectivity index (χ0v) is 13.6. The number of methoxy groups -OCH3 is 1. The first kappa shape index (κ1) is 16.1. The molecule has 1 aromatic carbocycles. The monoisotopic (exact) mass is 331 g/mol. The van der Waals surface area contributed by atoms with Crippen molar-refractivity contribution in [2.24, 2.45) is 0 Å². The van der Waals surface area contributed by atoms with Crippen molar-refractivity contribution in [2.45, 2.75) is 36.6 Å². The summed E-state index contributed by atoms with van der Waals surface area (Å²) in [4.78, 5) is 13.8. The summed E-state index contributed by atoms with van der Waals surface area (Å²) in [7, 11) is 4.64. The fourth-order valence-corrected chi connectivity index (χ4v) is 3.34. The van der Waals surface area contributed by atoms with Crippen LogP contribution in [0.15, 0.2) is 23.1 Å². The molecule has 0 saturated heterocycles. The molecule has 0 spiro atoms. The second-order valence-corrected chi connectivity index (χ2v) is 7.72. The molecule has 0 aliphatic heterocycles. The molecule has 7 heteroatoms. The summed E-state index contributed by atoms with van der Waals surface area (Å²) in [5, 5.41) is 0. The maximum Gasteiger partial charge on any atom is 0.264 e. The molecule has 1 saturated carbocycles. The van der Waals surface area contributed by atoms with Gasteiger partial charge in [-0.1, -0.05) is 6.07 Å². The van der Waals surface area contributed by atoms with E-state index in [1.165, 1.54) is 19.2 Å². The maximum atomic E-state index is 12.2. The van der Waals surface area contributed by atoms with Gasteiger partial charge in [-0.15, -0.1) is 0 Å². The van der Waals surface area contributed by atoms with Gasteiger partial charge in [-0.05, 0) is 37.0 Å². The third-order valence-corrected chi connectivity index (χ3v) is 5.20. The van der Waals surface area contributed by atoms with Crippen molar-refractivity contribution >= 4 is 25.6 Å². The number of amides is 1. The van der Waals surface area contributed by atoms with Gasteiger partial charge in [0.1, 0.15) is 10.6 Å². The van der Waals surface area contributed by atoms with Crippen LogP contribution >= 0.6 is 10.7 Å². The molecule has 0 bridgehead atoms. The molecule has 0 unspecified atom stereocenters. The van der Waals surface area contributed by atoms with Crippen LogP contribution in [0.3, 0.4) is 0 Å². The minimum absolute atomic E-state index is 0.0252. The van der Waals surface area contributed by atoms with Crippen molar-refractivity contribution < 1.29 is 17.9 Å². The van der Waals surface area contributed by atoms with Crippen LogP contribution in [0.2, 0.25) is 0 Å². The SMILES string of the molecule is COc1ccc(CC(=O)N(C)C2CCC2)cc1S(=O)(=O)Cl. The number of nitrogens with zero attached hydrogens (tertiary/aromatic N) is 1. The number of ether oxygens (including phenoxy) is 1. The first-order valence-electron chi connectivity index (χ1n) is 6.70. The number of rotatable bonds is 5. The quantitative estimate of drug-likeness (QED) is 0.776. The third kappa shape index (κ3) is 3.68. The molecular formula is C14H18ClNO4S. The van der Waals surface area contributed by atoms with Crippen molar-refractivity contribution in [1.82, 2.24) is 4.90 Å². The van der Waals surface area contributed by atoms with Crippen molar-refractivity contribution in [3.63, 3.8) is 0 Å². The summed E-state index contributed by atoms with van der Waals surface area (Å²) in [5.41, 5.74) is 0.603. The second kappa shape index (κ2) is 6.23. The minimum atomic E-state index is -3.91. The number of hydrogen-bond acceptors (Lipinski definition) is 4. The molecule has 0 aromatic heterocycles. The smallest absolute Gasteiger partial charge is 0.264 e. The van der Waals surface area contributed by atoms with Crippen molar-refractivity contribution in [1.29, 1.82) is 0 Å². The lowest BCUT2D eigenvalue weighted by Crippen LogP contribution is -2.42. The van der Waals surface area contributed by atoms with Crippen LogP contribution < -0.4 is 4.74 Å². The van der Waals surface area contributed by atoms with Crippen LogP contribution in [0.1, 0.15) is 24.8 Å². The van der Waals surface area contributed by atoms with Gasteiger partial charge in [0, 0.05) is 23.8 Å². The average molecular weight is 332 g/mol. The largest absolute Gasteiger partial charge is 0.495 e. The van der Waals surface area contributed by atoms with E-state index in [-0.39, 0.29) is 23.0 Å². The van der Waals surface area contributed by atoms with Gasteiger partial charge in [-0.25, -0.2) is 8.42 Å². The van der Waals surface area contributed by atoms with E-state index in [1.807, 2.05) is 0 Å². The topological polar surface area (TPSA) is 63.7 Å². The van der Waals surface area contributed by atoms with Gasteiger partial charge in [0.25, 0.3) is 9.05 Å². The Morgan fingerprint density at radius 2 is 2.10 bits per heavy atom. The molecule has 1 fully saturated rings. The number of benzene rings is 1. The second-order valence-electron chi connectivity index (χ2n) is 5.19. The van der Waals surface area contributed by atoms with E-state index in [0.717, 1.165) is 19.3 Å². The number of carbonyl (C=O) groups is 1. The van der Waals surface area contributed by atoms with Gasteiger partial charge in [0.15, 0.2) is 0 Å². The lowest BCUT2D eigenvalue weighted by Gasteiger charge is -2.34. The van der Waals surface area contributed by atoms with Gasteiger partial charge in [0.2, 0.25) is 5.91 Å². The van der Waals surface area contributed by atoms with E-state index < -0.39 is 9.05 Å². The van der Waals surface area contributed by atoms with Crippen LogP contribution in [0.4, 0.5) is 0 Å². The number of halogens is 1. The number of hydrogen-bond donors (Lipinski definition) is 0. The van der Waals surface area contributed by atoms with E-state index in [9.17, 15) is 13.2 Å². The first-order valence-corrected chi connectivity index (χ1v) is 9.01. The van der Waals surface area contributed by atoms with E-state index in [1.54, 1.807) is 18.0 Å². The molecule has 2 rings (SSSR count). The predicted molar refractivity (Wildman–Crippen MR) is 80.1 cm³/mol. The molecule has 1 amide bonds. The molecule has 1 aromatic rings. The normalized spacial score (nSPS) is 15.4. The highest BCUT2D eigenvalue weighted by Crippen LogP contribution is 2.29. The van der Waals surface area contributed by atoms with Gasteiger partial charge in [-0.3, -0.25) is 4.79 Å². The predicted octanol–water partition coefficient (Wildman–Crippen LogP) is 2.18. The highest BCUT2D eigenvalue weighted by Gasteiger charge is 2.26. The van der Waals surface area contributed by atoms with Gasteiger partial charge in [-0.2, -0.15) is 0 Å². The Morgan fingerprint density at radius 1 is 1.43 bits per heavy atom. The van der Waals surface area contributed by atoms with Gasteiger partial charge in [0.05, 0.1) is 13.5 Å². The van der Waals surface area contributed by atoms with Crippen molar-refractivity contribution in [3.8, 4) is 5.75 Å². The van der Waals surface area contributed by atoms with E-state index in [0.29, 0.717) is 11.6 Å². The third-order valence-electron chi connectivity index (χ3n) is 3.86. The van der Waals surface area contributed by atoms with Crippen LogP contribution in [-0.4, -0.2) is 39.4 Å². The summed E-state index contributed by atoms with van der Waals surface area (Å²) in [5.74, 6) is 0.149. The highest BCUT2D eigenvalue weighted by molar-refractivity contribution is 8.13. The molecule has 0 atom stereocenters. The summed E-state index contributed by atoms with van der Waals surface area (Å²) < 4.78 is 28.1. The fraction of sp³-hybridized carbons (Fsp3) is 0.500. The standard InChI is InChI=1S/C14H18ClNO4S/c1-16(11-4-3-5-11)14(17)9-10-6-7-12(20-2)13(8-10)21(15,18)19/h6-8,11H,3-5,9H2,1-2H3. The molecular weight excluding hydrogens is 314 g/mol. The van der Waals surface area contributed by atoms with Crippen molar-refractivity contribution in [2.75, 3.05) is 14.2 Å². The Hall–Kier alpha value is -1.27. The zero-order valence-electron chi connectivity index (χ0n) is 12.0. The van der Waals surface area contributed by atoms with Gasteiger partial charge >= 0.3 is 0 Å². The lowest BCUT2D eigenvalue weighted by atomic mass is 9.91. The van der Waals surface area contributed by atoms with Crippen LogP contribution in [0, 0.1) is 0 Å². The molecule has 5 nitrogen and oxygen atoms in total. The Balaban J connectivity index is 2.19. The van der Waals surface area contributed by atoms with E-state index in [4.69, 9.17) is 15.4 Å². The Bertz CT molecular complexity index is 640. The molecule has 1 aliphatic carbocycles. The summed E-state index contributed by atoms with van der Waals surface area (Å²) in [6.07, 6.45) is 3.37. The zero-order chi connectivity index (χ0) is 15.6. The Morgan fingerprint density at radius 3 is 2.57 bits per heavy atom. The van der Waals surface area contributed by atoms with Crippen LogP contribution in [0.25, 0.3) is 0 Å². The molecule has 0 heterocycles. The Kier molecular flexibility index (Phi) is 4.78. The van der Waals surface area contributed by atoms with Crippen LogP contribution in [0.5, 0.6) is 5.75 Å². The Labute approximate surface area is 129 Å². The molecule has 116 valence electrons. The molecule has 21 heavy (non-hydrogen) atoms. The number of carbonyl (C=O) groups excluding carboxylic acids is 1. The lowest BCUT2D eigenvalue weighted by molar-refractivity contribution is -0.132. The molecule has 0 N–H and O–H groups in total. The summed E-state index contributed by atoms with van der Waals surface area (Å²) in [6.45, 7) is 0.